The molecule has 0 unspecified atom stereocenters. The first-order valence-corrected chi connectivity index (χ1v) is 11.6. The lowest BCUT2D eigenvalue weighted by Gasteiger charge is -2.39. The van der Waals surface area contributed by atoms with Crippen LogP contribution in [0.25, 0.3) is 5.70 Å². The molecular weight excluding hydrogens is 496 g/mol. The van der Waals surface area contributed by atoms with E-state index in [2.05, 4.69) is 55.6 Å². The predicted octanol–water partition coefficient (Wildman–Crippen LogP) is 5.62. The van der Waals surface area contributed by atoms with Gasteiger partial charge in [-0.1, -0.05) is 30.3 Å². The van der Waals surface area contributed by atoms with Crippen molar-refractivity contribution < 1.29 is 14.2 Å². The second kappa shape index (κ2) is 8.22. The quantitative estimate of drug-likeness (QED) is 0.379. The van der Waals surface area contributed by atoms with Crippen LogP contribution in [0, 0.1) is 0 Å². The molecular formula is C26H21BrN4O3. The molecule has 2 aliphatic heterocycles. The fraction of sp³-hybridized carbons (Fsp3) is 0.154. The maximum absolute atomic E-state index is 6.65. The summed E-state index contributed by atoms with van der Waals surface area (Å²) in [5, 5.41) is 8.10. The Bertz CT molecular complexity index is 1430. The molecule has 3 heterocycles. The maximum atomic E-state index is 6.65. The van der Waals surface area contributed by atoms with Crippen LogP contribution in [0.4, 0.5) is 5.95 Å². The Kier molecular flexibility index (Phi) is 5.03. The zero-order valence-electron chi connectivity index (χ0n) is 18.5. The van der Waals surface area contributed by atoms with E-state index < -0.39 is 0 Å². The summed E-state index contributed by atoms with van der Waals surface area (Å²) in [7, 11) is 3.33. The van der Waals surface area contributed by atoms with Gasteiger partial charge in [-0.2, -0.15) is 10.1 Å². The molecule has 0 bridgehead atoms. The Balaban J connectivity index is 1.61. The highest BCUT2D eigenvalue weighted by atomic mass is 79.9. The third-order valence-electron chi connectivity index (χ3n) is 6.21. The highest BCUT2D eigenvalue weighted by Gasteiger charge is 2.41. The first-order chi connectivity index (χ1) is 16.7. The molecule has 1 aromatic heterocycles. The van der Waals surface area contributed by atoms with Crippen LogP contribution in [0.3, 0.4) is 0 Å². The number of halogens is 1. The first kappa shape index (κ1) is 20.8. The largest absolute Gasteiger partial charge is 0.497 e. The van der Waals surface area contributed by atoms with E-state index in [1.54, 1.807) is 20.5 Å². The van der Waals surface area contributed by atoms with Gasteiger partial charge in [0.25, 0.3) is 0 Å². The minimum absolute atomic E-state index is 0.250. The summed E-state index contributed by atoms with van der Waals surface area (Å²) in [4.78, 5) is 4.49. The van der Waals surface area contributed by atoms with Crippen molar-refractivity contribution in [2.75, 3.05) is 19.5 Å². The van der Waals surface area contributed by atoms with E-state index in [1.807, 2.05) is 47.1 Å². The summed E-state index contributed by atoms with van der Waals surface area (Å²) in [6, 6.07) is 21.9. The van der Waals surface area contributed by atoms with Crippen LogP contribution in [0.15, 0.2) is 83.1 Å². The van der Waals surface area contributed by atoms with E-state index in [1.165, 1.54) is 0 Å². The summed E-state index contributed by atoms with van der Waals surface area (Å²) in [5.41, 5.74) is 5.03. The standard InChI is InChI=1S/C26H21BrN4O3/c1-32-17-7-5-6-16(12-17)25-22-23(18-8-3-4-9-20(18)34-25)30-26-28-14-29-31(26)24(22)15-10-11-21(33-2)19(27)13-15/h3-14,24-25H,1-2H3,(H,28,29,30)/t24-,25+/m0/s1. The number of nitrogens with one attached hydrogen (secondary N) is 1. The number of methoxy groups -OCH3 is 2. The molecule has 0 fully saturated rings. The van der Waals surface area contributed by atoms with Gasteiger partial charge in [-0.15, -0.1) is 0 Å². The van der Waals surface area contributed by atoms with E-state index in [0.717, 1.165) is 49.7 Å². The van der Waals surface area contributed by atoms with E-state index in [4.69, 9.17) is 14.2 Å². The van der Waals surface area contributed by atoms with Gasteiger partial charge in [0, 0.05) is 16.7 Å². The Morgan fingerprint density at radius 3 is 2.68 bits per heavy atom. The summed E-state index contributed by atoms with van der Waals surface area (Å²) < 4.78 is 20.4. The SMILES string of the molecule is COc1cccc([C@H]2Oc3ccccc3C3=C2[C@H](c2ccc(OC)c(Br)c2)n2ncnc2N3)c1. The van der Waals surface area contributed by atoms with E-state index >= 15 is 0 Å². The molecule has 2 aliphatic rings. The van der Waals surface area contributed by atoms with Crippen LogP contribution in [-0.4, -0.2) is 29.0 Å². The monoisotopic (exact) mass is 516 g/mol. The number of rotatable bonds is 4. The van der Waals surface area contributed by atoms with Gasteiger partial charge >= 0.3 is 0 Å². The zero-order valence-corrected chi connectivity index (χ0v) is 20.1. The fourth-order valence-electron chi connectivity index (χ4n) is 4.67. The number of anilines is 1. The Morgan fingerprint density at radius 1 is 0.971 bits per heavy atom. The third kappa shape index (κ3) is 3.25. The van der Waals surface area contributed by atoms with Crippen LogP contribution in [0.2, 0.25) is 0 Å². The van der Waals surface area contributed by atoms with E-state index in [9.17, 15) is 0 Å². The number of benzene rings is 3. The molecule has 170 valence electrons. The van der Waals surface area contributed by atoms with Gasteiger partial charge in [-0.3, -0.25) is 0 Å². The molecule has 0 saturated heterocycles. The Morgan fingerprint density at radius 2 is 1.85 bits per heavy atom. The minimum Gasteiger partial charge on any atom is -0.497 e. The van der Waals surface area contributed by atoms with Crippen molar-refractivity contribution >= 4 is 27.6 Å². The van der Waals surface area contributed by atoms with Gasteiger partial charge < -0.3 is 19.5 Å². The van der Waals surface area contributed by atoms with E-state index in [-0.39, 0.29) is 12.1 Å². The molecule has 4 aromatic rings. The normalized spacial score (nSPS) is 18.2. The molecule has 6 rings (SSSR count). The molecule has 8 heteroatoms. The molecule has 0 saturated carbocycles. The van der Waals surface area contributed by atoms with Gasteiger partial charge in [-0.05, 0) is 57.9 Å². The highest BCUT2D eigenvalue weighted by Crippen LogP contribution is 2.51. The number of fused-ring (bicyclic) bond motifs is 3. The molecule has 0 radical (unpaired) electrons. The topological polar surface area (TPSA) is 70.4 Å². The lowest BCUT2D eigenvalue weighted by Crippen LogP contribution is -2.32. The maximum Gasteiger partial charge on any atom is 0.226 e. The van der Waals surface area contributed by atoms with Gasteiger partial charge in [0.1, 0.15) is 35.7 Å². The van der Waals surface area contributed by atoms with Crippen molar-refractivity contribution in [2.24, 2.45) is 0 Å². The lowest BCUT2D eigenvalue weighted by atomic mass is 9.84. The van der Waals surface area contributed by atoms with Crippen molar-refractivity contribution in [1.82, 2.24) is 14.8 Å². The van der Waals surface area contributed by atoms with Crippen molar-refractivity contribution in [3.8, 4) is 17.2 Å². The average Bonchev–Trinajstić information content (AvgIpc) is 3.35. The van der Waals surface area contributed by atoms with Gasteiger partial charge in [0.05, 0.1) is 24.4 Å². The second-order valence-electron chi connectivity index (χ2n) is 8.05. The molecule has 0 amide bonds. The average molecular weight is 517 g/mol. The Hall–Kier alpha value is -3.78. The number of hydrogen-bond donors (Lipinski definition) is 1. The number of para-hydroxylation sites is 1. The predicted molar refractivity (Wildman–Crippen MR) is 132 cm³/mol. The number of aromatic nitrogens is 3. The molecule has 0 spiro atoms. The fourth-order valence-corrected chi connectivity index (χ4v) is 5.23. The summed E-state index contributed by atoms with van der Waals surface area (Å²) in [6.07, 6.45) is 1.20. The third-order valence-corrected chi connectivity index (χ3v) is 6.83. The zero-order chi connectivity index (χ0) is 23.2. The Labute approximate surface area is 205 Å². The highest BCUT2D eigenvalue weighted by molar-refractivity contribution is 9.10. The molecule has 0 aliphatic carbocycles. The van der Waals surface area contributed by atoms with Gasteiger partial charge in [-0.25, -0.2) is 4.68 Å². The van der Waals surface area contributed by atoms with Crippen molar-refractivity contribution in [1.29, 1.82) is 0 Å². The van der Waals surface area contributed by atoms with Crippen LogP contribution in [-0.2, 0) is 0 Å². The van der Waals surface area contributed by atoms with Crippen molar-refractivity contribution in [2.45, 2.75) is 12.1 Å². The van der Waals surface area contributed by atoms with Crippen LogP contribution in [0.1, 0.15) is 28.8 Å². The molecule has 7 nitrogen and oxygen atoms in total. The molecule has 34 heavy (non-hydrogen) atoms. The molecule has 3 aromatic carbocycles. The minimum atomic E-state index is -0.365. The second-order valence-corrected chi connectivity index (χ2v) is 8.91. The van der Waals surface area contributed by atoms with Crippen molar-refractivity contribution in [3.63, 3.8) is 0 Å². The van der Waals surface area contributed by atoms with Gasteiger partial charge in [0.2, 0.25) is 5.95 Å². The summed E-state index contributed by atoms with van der Waals surface area (Å²) in [6.45, 7) is 0. The van der Waals surface area contributed by atoms with Crippen molar-refractivity contribution in [3.05, 3.63) is 99.8 Å². The number of ether oxygens (including phenoxy) is 3. The smallest absolute Gasteiger partial charge is 0.226 e. The van der Waals surface area contributed by atoms with Crippen LogP contribution in [0.5, 0.6) is 17.2 Å². The summed E-state index contributed by atoms with van der Waals surface area (Å²) in [5.74, 6) is 3.03. The first-order valence-electron chi connectivity index (χ1n) is 10.8. The number of hydrogen-bond acceptors (Lipinski definition) is 6. The van der Waals surface area contributed by atoms with Crippen LogP contribution < -0.4 is 19.5 Å². The molecule has 2 atom stereocenters. The summed E-state index contributed by atoms with van der Waals surface area (Å²) >= 11 is 3.65. The van der Waals surface area contributed by atoms with Crippen LogP contribution >= 0.6 is 15.9 Å². The van der Waals surface area contributed by atoms with Gasteiger partial charge in [0.15, 0.2) is 0 Å². The lowest BCUT2D eigenvalue weighted by molar-refractivity contribution is 0.222. The molecule has 1 N–H and O–H groups in total. The number of nitrogens with zero attached hydrogens (tertiary/aromatic N) is 3. The van der Waals surface area contributed by atoms with E-state index in [0.29, 0.717) is 5.95 Å².